The molecular formula is C8H8O5. The third-order valence-corrected chi connectivity index (χ3v) is 0.866. The monoisotopic (exact) mass is 184 g/mol. The lowest BCUT2D eigenvalue weighted by Crippen LogP contribution is -2.07. The highest BCUT2D eigenvalue weighted by molar-refractivity contribution is 5.98. The van der Waals surface area contributed by atoms with Crippen molar-refractivity contribution in [2.24, 2.45) is 0 Å². The molecule has 0 rings (SSSR count). The molecule has 5 heteroatoms. The molecule has 0 bridgehead atoms. The van der Waals surface area contributed by atoms with E-state index in [0.717, 1.165) is 6.08 Å². The maximum absolute atomic E-state index is 10.6. The first-order valence-corrected chi connectivity index (χ1v) is 3.35. The summed E-state index contributed by atoms with van der Waals surface area (Å²) in [5, 5.41) is 8.11. The Hall–Kier alpha value is -1.91. The fourth-order valence-electron chi connectivity index (χ4n) is 0.443. The summed E-state index contributed by atoms with van der Waals surface area (Å²) in [7, 11) is 0. The summed E-state index contributed by atoms with van der Waals surface area (Å²) in [5.41, 5.74) is 0. The Labute approximate surface area is 74.3 Å². The zero-order valence-electron chi connectivity index (χ0n) is 6.89. The molecule has 13 heavy (non-hydrogen) atoms. The molecule has 0 aromatic rings. The molecule has 0 radical (unpaired) electrons. The predicted octanol–water partition coefficient (Wildman–Crippen LogP) is 0.273. The number of rotatable bonds is 3. The Morgan fingerprint density at radius 2 is 1.62 bits per heavy atom. The summed E-state index contributed by atoms with van der Waals surface area (Å²) in [6.07, 6.45) is 3.69. The van der Waals surface area contributed by atoms with Crippen molar-refractivity contribution in [3.63, 3.8) is 0 Å². The summed E-state index contributed by atoms with van der Waals surface area (Å²) in [6.45, 7) is 1.58. The first kappa shape index (κ1) is 11.1. The van der Waals surface area contributed by atoms with Crippen LogP contribution in [0.25, 0.3) is 0 Å². The largest absolute Gasteiger partial charge is 0.478 e. The topological polar surface area (TPSA) is 80.7 Å². The van der Waals surface area contributed by atoms with Crippen LogP contribution >= 0.6 is 0 Å². The average Bonchev–Trinajstić information content (AvgIpc) is 2.01. The zero-order valence-corrected chi connectivity index (χ0v) is 6.89. The minimum Gasteiger partial charge on any atom is -0.478 e. The summed E-state index contributed by atoms with van der Waals surface area (Å²) >= 11 is 0. The third-order valence-electron chi connectivity index (χ3n) is 0.866. The molecule has 0 amide bonds. The Morgan fingerprint density at radius 3 is 2.08 bits per heavy atom. The fraction of sp³-hybridized carbons (Fsp3) is 0.125. The van der Waals surface area contributed by atoms with Crippen molar-refractivity contribution in [1.82, 2.24) is 0 Å². The van der Waals surface area contributed by atoms with Gasteiger partial charge in [0.2, 0.25) is 0 Å². The molecule has 0 aliphatic rings. The van der Waals surface area contributed by atoms with E-state index in [-0.39, 0.29) is 0 Å². The van der Waals surface area contributed by atoms with Crippen molar-refractivity contribution >= 4 is 17.9 Å². The van der Waals surface area contributed by atoms with Crippen LogP contribution in [-0.4, -0.2) is 23.0 Å². The van der Waals surface area contributed by atoms with E-state index in [1.807, 2.05) is 0 Å². The number of aliphatic carboxylic acids is 1. The minimum absolute atomic E-state index is 0.589. The van der Waals surface area contributed by atoms with Crippen LogP contribution in [0, 0.1) is 0 Å². The first-order valence-electron chi connectivity index (χ1n) is 3.35. The number of carbonyl (C=O) groups excluding carboxylic acids is 2. The van der Waals surface area contributed by atoms with E-state index in [9.17, 15) is 14.4 Å². The normalized spacial score (nSPS) is 10.5. The lowest BCUT2D eigenvalue weighted by Gasteiger charge is -1.92. The van der Waals surface area contributed by atoms with Gasteiger partial charge >= 0.3 is 17.9 Å². The molecule has 0 aromatic carbocycles. The van der Waals surface area contributed by atoms with Crippen molar-refractivity contribution in [2.45, 2.75) is 6.92 Å². The van der Waals surface area contributed by atoms with Gasteiger partial charge in [-0.05, 0) is 6.92 Å². The smallest absolute Gasteiger partial charge is 0.338 e. The van der Waals surface area contributed by atoms with Gasteiger partial charge in [0.1, 0.15) is 0 Å². The van der Waals surface area contributed by atoms with Crippen LogP contribution in [0.5, 0.6) is 0 Å². The SMILES string of the molecule is C/C=C\C(=O)OC(=O)/C=C\C(=O)O. The van der Waals surface area contributed by atoms with Gasteiger partial charge < -0.3 is 9.84 Å². The molecule has 0 heterocycles. The quantitative estimate of drug-likeness (QED) is 0.387. The van der Waals surface area contributed by atoms with E-state index < -0.39 is 17.9 Å². The minimum atomic E-state index is -1.28. The molecule has 5 nitrogen and oxygen atoms in total. The van der Waals surface area contributed by atoms with Crippen LogP contribution in [0.2, 0.25) is 0 Å². The van der Waals surface area contributed by atoms with E-state index in [1.165, 1.54) is 6.08 Å². The lowest BCUT2D eigenvalue weighted by atomic mass is 10.5. The molecule has 70 valence electrons. The summed E-state index contributed by atoms with van der Waals surface area (Å²) in [4.78, 5) is 31.1. The van der Waals surface area contributed by atoms with Crippen LogP contribution < -0.4 is 0 Å². The molecule has 0 unspecified atom stereocenters. The van der Waals surface area contributed by atoms with Crippen molar-refractivity contribution in [2.75, 3.05) is 0 Å². The lowest BCUT2D eigenvalue weighted by molar-refractivity contribution is -0.152. The van der Waals surface area contributed by atoms with Crippen molar-refractivity contribution in [3.05, 3.63) is 24.3 Å². The molecule has 0 aromatic heterocycles. The molecule has 0 spiro atoms. The summed E-state index contributed by atoms with van der Waals surface area (Å²) in [5.74, 6) is -3.12. The molecule has 0 aliphatic carbocycles. The van der Waals surface area contributed by atoms with Gasteiger partial charge in [-0.2, -0.15) is 0 Å². The van der Waals surface area contributed by atoms with Crippen LogP contribution in [-0.2, 0) is 19.1 Å². The van der Waals surface area contributed by atoms with Crippen molar-refractivity contribution < 1.29 is 24.2 Å². The van der Waals surface area contributed by atoms with E-state index in [1.54, 1.807) is 6.92 Å². The van der Waals surface area contributed by atoms with E-state index >= 15 is 0 Å². The highest BCUT2D eigenvalue weighted by atomic mass is 16.6. The number of allylic oxidation sites excluding steroid dienone is 1. The maximum atomic E-state index is 10.6. The Bertz CT molecular complexity index is 274. The second-order valence-electron chi connectivity index (χ2n) is 1.91. The number of carbonyl (C=O) groups is 3. The van der Waals surface area contributed by atoms with E-state index in [4.69, 9.17) is 5.11 Å². The molecule has 0 fully saturated rings. The fourth-order valence-corrected chi connectivity index (χ4v) is 0.443. The van der Waals surface area contributed by atoms with Gasteiger partial charge in [-0.25, -0.2) is 14.4 Å². The number of esters is 2. The highest BCUT2D eigenvalue weighted by Gasteiger charge is 2.02. The molecule has 0 saturated carbocycles. The number of carboxylic acid groups (broad SMARTS) is 1. The number of carboxylic acids is 1. The Kier molecular flexibility index (Phi) is 4.87. The van der Waals surface area contributed by atoms with Gasteiger partial charge in [-0.1, -0.05) is 6.08 Å². The van der Waals surface area contributed by atoms with Gasteiger partial charge in [0.25, 0.3) is 0 Å². The maximum Gasteiger partial charge on any atom is 0.338 e. The van der Waals surface area contributed by atoms with Gasteiger partial charge in [-0.15, -0.1) is 0 Å². The number of ether oxygens (including phenoxy) is 1. The second kappa shape index (κ2) is 5.70. The first-order chi connectivity index (χ1) is 6.06. The van der Waals surface area contributed by atoms with Gasteiger partial charge in [0, 0.05) is 18.2 Å². The van der Waals surface area contributed by atoms with Gasteiger partial charge in [0.05, 0.1) is 0 Å². The highest BCUT2D eigenvalue weighted by Crippen LogP contribution is 1.85. The molecule has 0 aliphatic heterocycles. The van der Waals surface area contributed by atoms with Crippen LogP contribution in [0.3, 0.4) is 0 Å². The van der Waals surface area contributed by atoms with Crippen LogP contribution in [0.1, 0.15) is 6.92 Å². The number of hydrogen-bond acceptors (Lipinski definition) is 4. The Balaban J connectivity index is 4.02. The van der Waals surface area contributed by atoms with Crippen LogP contribution in [0.15, 0.2) is 24.3 Å². The molecule has 0 atom stereocenters. The van der Waals surface area contributed by atoms with Crippen molar-refractivity contribution in [3.8, 4) is 0 Å². The second-order valence-corrected chi connectivity index (χ2v) is 1.91. The Morgan fingerprint density at radius 1 is 1.08 bits per heavy atom. The molecule has 0 saturated heterocycles. The van der Waals surface area contributed by atoms with E-state index in [2.05, 4.69) is 4.74 Å². The van der Waals surface area contributed by atoms with E-state index in [0.29, 0.717) is 12.2 Å². The standard InChI is InChI=1S/C8H8O5/c1-2-3-7(11)13-8(12)5-4-6(9)10/h2-5H,1H3,(H,9,10)/b3-2-,5-4-. The zero-order chi connectivity index (χ0) is 10.3. The summed E-state index contributed by atoms with van der Waals surface area (Å²) in [6, 6.07) is 0. The van der Waals surface area contributed by atoms with Crippen LogP contribution in [0.4, 0.5) is 0 Å². The van der Waals surface area contributed by atoms with Gasteiger partial charge in [-0.3, -0.25) is 0 Å². The third kappa shape index (κ3) is 6.49. The van der Waals surface area contributed by atoms with Gasteiger partial charge in [0.15, 0.2) is 0 Å². The molecule has 1 N–H and O–H groups in total. The summed E-state index contributed by atoms with van der Waals surface area (Å²) < 4.78 is 4.13. The number of hydrogen-bond donors (Lipinski definition) is 1. The van der Waals surface area contributed by atoms with Crippen molar-refractivity contribution in [1.29, 1.82) is 0 Å². The average molecular weight is 184 g/mol. The molecular weight excluding hydrogens is 176 g/mol. The predicted molar refractivity (Wildman–Crippen MR) is 42.7 cm³/mol.